The van der Waals surface area contributed by atoms with Crippen LogP contribution in [0.15, 0.2) is 42.5 Å². The van der Waals surface area contributed by atoms with Gasteiger partial charge in [0.25, 0.3) is 0 Å². The fourth-order valence-electron chi connectivity index (χ4n) is 1.66. The molecule has 0 heterocycles. The molecule has 0 aliphatic heterocycles. The van der Waals surface area contributed by atoms with Crippen LogP contribution < -0.4 is 10.5 Å². The van der Waals surface area contributed by atoms with Gasteiger partial charge < -0.3 is 10.5 Å². The van der Waals surface area contributed by atoms with Crippen molar-refractivity contribution in [3.05, 3.63) is 58.9 Å². The second-order valence-electron chi connectivity index (χ2n) is 3.85. The Hall–Kier alpha value is -1.58. The number of hydrogen-bond acceptors (Lipinski definition) is 2. The standard InChI is InChI=1S/C14H13ClFNO/c15-11-4-5-14(10(8-11)6-7-17)18-13-3-1-2-12(16)9-13/h1-5,8-9H,6-7,17H2. The molecule has 94 valence electrons. The van der Waals surface area contributed by atoms with Crippen LogP contribution in [0.1, 0.15) is 5.56 Å². The van der Waals surface area contributed by atoms with Crippen molar-refractivity contribution < 1.29 is 9.13 Å². The van der Waals surface area contributed by atoms with E-state index in [1.165, 1.54) is 12.1 Å². The van der Waals surface area contributed by atoms with Gasteiger partial charge in [-0.05, 0) is 48.9 Å². The topological polar surface area (TPSA) is 35.2 Å². The Kier molecular flexibility index (Phi) is 4.18. The second kappa shape index (κ2) is 5.85. The van der Waals surface area contributed by atoms with Crippen molar-refractivity contribution in [3.8, 4) is 11.5 Å². The van der Waals surface area contributed by atoms with Crippen molar-refractivity contribution in [1.29, 1.82) is 0 Å². The molecule has 2 aromatic carbocycles. The number of nitrogens with two attached hydrogens (primary N) is 1. The summed E-state index contributed by atoms with van der Waals surface area (Å²) in [6, 6.07) is 11.3. The maximum absolute atomic E-state index is 13.1. The normalized spacial score (nSPS) is 10.4. The molecule has 0 radical (unpaired) electrons. The zero-order valence-corrected chi connectivity index (χ0v) is 10.5. The minimum Gasteiger partial charge on any atom is -0.457 e. The average Bonchev–Trinajstić information content (AvgIpc) is 2.33. The fraction of sp³-hybridized carbons (Fsp3) is 0.143. The van der Waals surface area contributed by atoms with Crippen LogP contribution in [0.2, 0.25) is 5.02 Å². The molecular formula is C14H13ClFNO. The first-order valence-electron chi connectivity index (χ1n) is 5.61. The Morgan fingerprint density at radius 1 is 1.17 bits per heavy atom. The largest absolute Gasteiger partial charge is 0.457 e. The van der Waals surface area contributed by atoms with E-state index in [0.717, 1.165) is 5.56 Å². The SMILES string of the molecule is NCCc1cc(Cl)ccc1Oc1cccc(F)c1. The molecule has 0 aromatic heterocycles. The van der Waals surface area contributed by atoms with Gasteiger partial charge in [-0.1, -0.05) is 17.7 Å². The monoisotopic (exact) mass is 265 g/mol. The highest BCUT2D eigenvalue weighted by atomic mass is 35.5. The molecule has 0 unspecified atom stereocenters. The van der Waals surface area contributed by atoms with Crippen LogP contribution in [0.4, 0.5) is 4.39 Å². The molecule has 4 heteroatoms. The minimum absolute atomic E-state index is 0.332. The first-order valence-corrected chi connectivity index (χ1v) is 5.99. The van der Waals surface area contributed by atoms with Crippen LogP contribution in [-0.4, -0.2) is 6.54 Å². The van der Waals surface area contributed by atoms with Crippen LogP contribution >= 0.6 is 11.6 Å². The van der Waals surface area contributed by atoms with Gasteiger partial charge in [-0.3, -0.25) is 0 Å². The number of rotatable bonds is 4. The van der Waals surface area contributed by atoms with Gasteiger partial charge in [0.1, 0.15) is 17.3 Å². The van der Waals surface area contributed by atoms with E-state index >= 15 is 0 Å². The molecular weight excluding hydrogens is 253 g/mol. The van der Waals surface area contributed by atoms with E-state index in [9.17, 15) is 4.39 Å². The maximum atomic E-state index is 13.1. The van der Waals surface area contributed by atoms with Crippen molar-refractivity contribution in [1.82, 2.24) is 0 Å². The molecule has 0 amide bonds. The first-order chi connectivity index (χ1) is 8.69. The van der Waals surface area contributed by atoms with Crippen molar-refractivity contribution in [3.63, 3.8) is 0 Å². The van der Waals surface area contributed by atoms with Crippen LogP contribution in [0.5, 0.6) is 11.5 Å². The highest BCUT2D eigenvalue weighted by Crippen LogP contribution is 2.28. The molecule has 0 saturated heterocycles. The Morgan fingerprint density at radius 3 is 2.72 bits per heavy atom. The fourth-order valence-corrected chi connectivity index (χ4v) is 1.85. The van der Waals surface area contributed by atoms with Crippen molar-refractivity contribution >= 4 is 11.6 Å². The third kappa shape index (κ3) is 3.22. The summed E-state index contributed by atoms with van der Waals surface area (Å²) >= 11 is 5.92. The van der Waals surface area contributed by atoms with Crippen LogP contribution in [0, 0.1) is 5.82 Å². The van der Waals surface area contributed by atoms with E-state index in [2.05, 4.69) is 0 Å². The molecule has 0 aliphatic rings. The molecule has 0 fully saturated rings. The van der Waals surface area contributed by atoms with Gasteiger partial charge in [0.2, 0.25) is 0 Å². The summed E-state index contributed by atoms with van der Waals surface area (Å²) in [6.45, 7) is 0.500. The zero-order chi connectivity index (χ0) is 13.0. The van der Waals surface area contributed by atoms with E-state index in [1.807, 2.05) is 6.07 Å². The third-order valence-electron chi connectivity index (χ3n) is 2.46. The summed E-state index contributed by atoms with van der Waals surface area (Å²) in [4.78, 5) is 0. The predicted molar refractivity (Wildman–Crippen MR) is 70.7 cm³/mol. The summed E-state index contributed by atoms with van der Waals surface area (Å²) in [7, 11) is 0. The zero-order valence-electron chi connectivity index (χ0n) is 9.70. The lowest BCUT2D eigenvalue weighted by atomic mass is 10.1. The van der Waals surface area contributed by atoms with Crippen molar-refractivity contribution in [2.45, 2.75) is 6.42 Å². The molecule has 0 atom stereocenters. The van der Waals surface area contributed by atoms with Crippen LogP contribution in [-0.2, 0) is 6.42 Å². The Labute approximate surface area is 110 Å². The maximum Gasteiger partial charge on any atom is 0.130 e. The average molecular weight is 266 g/mol. The van der Waals surface area contributed by atoms with Crippen LogP contribution in [0.3, 0.4) is 0 Å². The molecule has 2 nitrogen and oxygen atoms in total. The molecule has 2 N–H and O–H groups in total. The molecule has 0 saturated carbocycles. The second-order valence-corrected chi connectivity index (χ2v) is 4.29. The first kappa shape index (κ1) is 12.9. The lowest BCUT2D eigenvalue weighted by Gasteiger charge is -2.11. The summed E-state index contributed by atoms with van der Waals surface area (Å²) in [5.41, 5.74) is 6.45. The van der Waals surface area contributed by atoms with Gasteiger partial charge >= 0.3 is 0 Å². The van der Waals surface area contributed by atoms with Crippen molar-refractivity contribution in [2.24, 2.45) is 5.73 Å². The van der Waals surface area contributed by atoms with E-state index in [0.29, 0.717) is 29.5 Å². The molecule has 0 bridgehead atoms. The highest BCUT2D eigenvalue weighted by molar-refractivity contribution is 6.30. The third-order valence-corrected chi connectivity index (χ3v) is 2.70. The summed E-state index contributed by atoms with van der Waals surface area (Å²) < 4.78 is 18.7. The van der Waals surface area contributed by atoms with E-state index in [4.69, 9.17) is 22.1 Å². The number of halogens is 2. The number of ether oxygens (including phenoxy) is 1. The lowest BCUT2D eigenvalue weighted by Crippen LogP contribution is -2.04. The predicted octanol–water partition coefficient (Wildman–Crippen LogP) is 3.77. The summed E-state index contributed by atoms with van der Waals surface area (Å²) in [5, 5.41) is 0.630. The molecule has 0 aliphatic carbocycles. The molecule has 2 rings (SSSR count). The van der Waals surface area contributed by atoms with E-state index < -0.39 is 0 Å². The Bertz CT molecular complexity index is 545. The lowest BCUT2D eigenvalue weighted by molar-refractivity contribution is 0.471. The van der Waals surface area contributed by atoms with E-state index in [-0.39, 0.29) is 5.82 Å². The van der Waals surface area contributed by atoms with Gasteiger partial charge in [-0.15, -0.1) is 0 Å². The van der Waals surface area contributed by atoms with Crippen LogP contribution in [0.25, 0.3) is 0 Å². The molecule has 2 aromatic rings. The molecule has 18 heavy (non-hydrogen) atoms. The number of hydrogen-bond donors (Lipinski definition) is 1. The minimum atomic E-state index is -0.332. The number of benzene rings is 2. The Balaban J connectivity index is 2.28. The Morgan fingerprint density at radius 2 is 2.00 bits per heavy atom. The van der Waals surface area contributed by atoms with Gasteiger partial charge in [-0.25, -0.2) is 4.39 Å². The summed E-state index contributed by atoms with van der Waals surface area (Å²) in [6.07, 6.45) is 0.658. The van der Waals surface area contributed by atoms with Gasteiger partial charge in [-0.2, -0.15) is 0 Å². The quantitative estimate of drug-likeness (QED) is 0.913. The highest BCUT2D eigenvalue weighted by Gasteiger charge is 2.06. The van der Waals surface area contributed by atoms with E-state index in [1.54, 1.807) is 24.3 Å². The van der Waals surface area contributed by atoms with Crippen molar-refractivity contribution in [2.75, 3.05) is 6.54 Å². The summed E-state index contributed by atoms with van der Waals surface area (Å²) in [5.74, 6) is 0.771. The smallest absolute Gasteiger partial charge is 0.130 e. The van der Waals surface area contributed by atoms with Gasteiger partial charge in [0.05, 0.1) is 0 Å². The van der Waals surface area contributed by atoms with Gasteiger partial charge in [0.15, 0.2) is 0 Å². The molecule has 0 spiro atoms. The van der Waals surface area contributed by atoms with Gasteiger partial charge in [0, 0.05) is 11.1 Å².